The topological polar surface area (TPSA) is 107 Å². The molecule has 46 heavy (non-hydrogen) atoms. The molecule has 8 fully saturated rings. The van der Waals surface area contributed by atoms with E-state index in [1.165, 1.54) is 32.6 Å². The number of nitrogens with zero attached hydrogens (tertiary/aromatic N) is 1. The van der Waals surface area contributed by atoms with Crippen LogP contribution in [-0.4, -0.2) is 102 Å². The monoisotopic (exact) mass is 645 g/mol. The predicted molar refractivity (Wildman–Crippen MR) is 170 cm³/mol. The van der Waals surface area contributed by atoms with E-state index in [4.69, 9.17) is 23.7 Å². The molecule has 8 unspecified atom stereocenters. The normalized spacial score (nSPS) is 50.6. The molecular formula is C37H59NO8. The van der Waals surface area contributed by atoms with Gasteiger partial charge in [-0.15, -0.1) is 0 Å². The van der Waals surface area contributed by atoms with Crippen molar-refractivity contribution in [3.8, 4) is 0 Å². The van der Waals surface area contributed by atoms with Gasteiger partial charge in [0.25, 0.3) is 0 Å². The molecule has 0 radical (unpaired) electrons. The van der Waals surface area contributed by atoms with Gasteiger partial charge in [0.15, 0.2) is 12.4 Å². The first kappa shape index (κ1) is 32.4. The third-order valence-corrected chi connectivity index (χ3v) is 15.4. The molecule has 5 saturated carbocycles. The van der Waals surface area contributed by atoms with E-state index >= 15 is 0 Å². The lowest BCUT2D eigenvalue weighted by molar-refractivity contribution is -0.254. The van der Waals surface area contributed by atoms with Gasteiger partial charge in [0, 0.05) is 13.5 Å². The number of aliphatic hydroxyl groups excluding tert-OH is 1. The zero-order valence-electron chi connectivity index (χ0n) is 29.0. The Morgan fingerprint density at radius 1 is 1.00 bits per heavy atom. The van der Waals surface area contributed by atoms with Crippen molar-refractivity contribution in [2.75, 3.05) is 32.9 Å². The van der Waals surface area contributed by atoms with Crippen LogP contribution < -0.4 is 0 Å². The zero-order valence-corrected chi connectivity index (χ0v) is 29.0. The van der Waals surface area contributed by atoms with Crippen molar-refractivity contribution in [1.29, 1.82) is 0 Å². The Labute approximate surface area is 275 Å². The predicted octanol–water partition coefficient (Wildman–Crippen LogP) is 4.31. The van der Waals surface area contributed by atoms with Gasteiger partial charge in [-0.25, -0.2) is 0 Å². The summed E-state index contributed by atoms with van der Waals surface area (Å²) >= 11 is 0. The fraction of sp³-hybridized carbons (Fsp3) is 0.973. The summed E-state index contributed by atoms with van der Waals surface area (Å²) in [6.45, 7) is 16.3. The molecule has 8 aliphatic rings. The summed E-state index contributed by atoms with van der Waals surface area (Å²) in [6, 6.07) is 0.513. The summed E-state index contributed by atoms with van der Waals surface area (Å²) in [5.41, 5.74) is -0.456. The second-order valence-corrected chi connectivity index (χ2v) is 18.2. The summed E-state index contributed by atoms with van der Waals surface area (Å²) in [5, 5.41) is 23.1. The maximum absolute atomic E-state index is 12.2. The van der Waals surface area contributed by atoms with Crippen molar-refractivity contribution in [1.82, 2.24) is 4.90 Å². The summed E-state index contributed by atoms with van der Waals surface area (Å²) in [6.07, 6.45) is 8.07. The first-order chi connectivity index (χ1) is 21.7. The number of carbonyl (C=O) groups is 1. The minimum atomic E-state index is -1.23. The molecule has 3 saturated heterocycles. The van der Waals surface area contributed by atoms with E-state index in [0.717, 1.165) is 65.0 Å². The number of ether oxygens (including phenoxy) is 5. The molecular weight excluding hydrogens is 586 g/mol. The fourth-order valence-electron chi connectivity index (χ4n) is 13.3. The third-order valence-electron chi connectivity index (χ3n) is 15.4. The SMILES string of the molecule is CC(=O)O[C@@H](C1CCC2C(O1)[C@@H](O)C1C3CC[C@H]4C(C)(C)[C@@H](OC5CN(C6COC6)CCO5)CCC45C[C@@]35CCC21C)C(C)(C)O. The largest absolute Gasteiger partial charge is 0.457 e. The van der Waals surface area contributed by atoms with Gasteiger partial charge < -0.3 is 33.9 Å². The number of carbonyl (C=O) groups excluding carboxylic acids is 1. The molecule has 2 spiro atoms. The molecule has 2 N–H and O–H groups in total. The second-order valence-electron chi connectivity index (χ2n) is 18.2. The first-order valence-electron chi connectivity index (χ1n) is 18.5. The van der Waals surface area contributed by atoms with E-state index in [0.29, 0.717) is 28.7 Å². The number of fused-ring (bicyclic) bond motifs is 4. The van der Waals surface area contributed by atoms with Gasteiger partial charge >= 0.3 is 5.97 Å². The molecule has 3 aliphatic heterocycles. The van der Waals surface area contributed by atoms with Crippen molar-refractivity contribution >= 4 is 5.97 Å². The van der Waals surface area contributed by atoms with Gasteiger partial charge in [-0.1, -0.05) is 20.8 Å². The molecule has 0 aromatic rings. The van der Waals surface area contributed by atoms with Crippen LogP contribution in [0.15, 0.2) is 0 Å². The number of rotatable bonds is 6. The zero-order chi connectivity index (χ0) is 32.4. The Balaban J connectivity index is 0.988. The van der Waals surface area contributed by atoms with Crippen molar-refractivity contribution in [2.45, 2.75) is 148 Å². The average Bonchev–Trinajstić information content (AvgIpc) is 3.57. The smallest absolute Gasteiger partial charge is 0.303 e. The van der Waals surface area contributed by atoms with E-state index in [1.54, 1.807) is 13.8 Å². The van der Waals surface area contributed by atoms with E-state index < -0.39 is 29.9 Å². The van der Waals surface area contributed by atoms with Crippen LogP contribution in [0.4, 0.5) is 0 Å². The molecule has 3 heterocycles. The molecule has 0 aromatic heterocycles. The van der Waals surface area contributed by atoms with Crippen molar-refractivity contribution in [2.24, 2.45) is 45.3 Å². The highest BCUT2D eigenvalue weighted by atomic mass is 16.7. The van der Waals surface area contributed by atoms with Gasteiger partial charge in [-0.05, 0) is 117 Å². The van der Waals surface area contributed by atoms with Gasteiger partial charge in [-0.2, -0.15) is 0 Å². The molecule has 260 valence electrons. The second kappa shape index (κ2) is 10.8. The molecule has 5 aliphatic carbocycles. The molecule has 0 amide bonds. The fourth-order valence-corrected chi connectivity index (χ4v) is 13.3. The van der Waals surface area contributed by atoms with Crippen molar-refractivity contribution in [3.05, 3.63) is 0 Å². The van der Waals surface area contributed by atoms with Crippen LogP contribution in [0.1, 0.15) is 99.3 Å². The van der Waals surface area contributed by atoms with E-state index in [2.05, 4.69) is 25.7 Å². The maximum Gasteiger partial charge on any atom is 0.303 e. The van der Waals surface area contributed by atoms with Crippen molar-refractivity contribution < 1.29 is 38.7 Å². The Bertz CT molecular complexity index is 1200. The molecule has 8 rings (SSSR count). The summed E-state index contributed by atoms with van der Waals surface area (Å²) in [7, 11) is 0. The quantitative estimate of drug-likeness (QED) is 0.409. The highest BCUT2D eigenvalue weighted by molar-refractivity contribution is 5.66. The van der Waals surface area contributed by atoms with Crippen molar-refractivity contribution in [3.63, 3.8) is 0 Å². The third kappa shape index (κ3) is 4.61. The minimum absolute atomic E-state index is 0.0404. The van der Waals surface area contributed by atoms with Gasteiger partial charge in [0.1, 0.15) is 0 Å². The standard InChI is InChI=1S/C37H59NO8/c1-21(39)44-32(34(4,5)41)25-9-7-24-31(45-25)30(40)29-23-8-10-26-33(2,3)27(46-28-17-38(15-16-43-28)22-18-42-19-22)11-12-37(26)20-36(23,37)14-13-35(24,29)6/h22-32,40-41H,7-20H2,1-6H3/t23?,24?,25?,26-,27-,28?,29?,30-,31?,32-,35?,36-,37?/m0/s1. The van der Waals surface area contributed by atoms with Crippen LogP contribution in [0, 0.1) is 45.3 Å². The number of hydrogen-bond acceptors (Lipinski definition) is 9. The highest BCUT2D eigenvalue weighted by Crippen LogP contribution is 2.87. The Hall–Kier alpha value is -0.810. The van der Waals surface area contributed by atoms with E-state index in [9.17, 15) is 15.0 Å². The number of esters is 1. The number of morpholine rings is 1. The van der Waals surface area contributed by atoms with Crippen LogP contribution >= 0.6 is 0 Å². The van der Waals surface area contributed by atoms with Gasteiger partial charge in [0.05, 0.1) is 62.4 Å². The van der Waals surface area contributed by atoms with Crippen LogP contribution in [0.5, 0.6) is 0 Å². The minimum Gasteiger partial charge on any atom is -0.457 e. The molecule has 0 aromatic carbocycles. The summed E-state index contributed by atoms with van der Waals surface area (Å²) < 4.78 is 30.9. The lowest BCUT2D eigenvalue weighted by atomic mass is 9.46. The lowest BCUT2D eigenvalue weighted by Gasteiger charge is -2.60. The average molecular weight is 646 g/mol. The van der Waals surface area contributed by atoms with Crippen LogP contribution in [0.2, 0.25) is 0 Å². The summed E-state index contributed by atoms with van der Waals surface area (Å²) in [4.78, 5) is 14.5. The van der Waals surface area contributed by atoms with Gasteiger partial charge in [0.2, 0.25) is 0 Å². The Morgan fingerprint density at radius 2 is 1.76 bits per heavy atom. The highest BCUT2D eigenvalue weighted by Gasteiger charge is 2.81. The molecule has 9 nitrogen and oxygen atoms in total. The molecule has 0 bridgehead atoms. The maximum atomic E-state index is 12.2. The Kier molecular flexibility index (Phi) is 7.64. The number of aliphatic hydroxyl groups is 2. The first-order valence-corrected chi connectivity index (χ1v) is 18.5. The molecule has 13 atom stereocenters. The number of hydrogen-bond donors (Lipinski definition) is 2. The lowest BCUT2D eigenvalue weighted by Crippen LogP contribution is -2.58. The van der Waals surface area contributed by atoms with Gasteiger partial charge in [-0.3, -0.25) is 9.69 Å². The summed E-state index contributed by atoms with van der Waals surface area (Å²) in [5.74, 6) is 1.23. The van der Waals surface area contributed by atoms with Crippen LogP contribution in [-0.2, 0) is 28.5 Å². The van der Waals surface area contributed by atoms with Crippen LogP contribution in [0.25, 0.3) is 0 Å². The van der Waals surface area contributed by atoms with E-state index in [-0.39, 0.29) is 41.2 Å². The van der Waals surface area contributed by atoms with Crippen LogP contribution in [0.3, 0.4) is 0 Å². The molecule has 9 heteroatoms. The Morgan fingerprint density at radius 3 is 2.46 bits per heavy atom. The van der Waals surface area contributed by atoms with E-state index in [1.807, 2.05) is 0 Å².